The van der Waals surface area contributed by atoms with Crippen molar-refractivity contribution in [3.8, 4) is 11.5 Å². The average Bonchev–Trinajstić information content (AvgIpc) is 3.14. The van der Waals surface area contributed by atoms with Gasteiger partial charge in [0.1, 0.15) is 28.4 Å². The monoisotopic (exact) mass is 460 g/mol. The highest BCUT2D eigenvalue weighted by molar-refractivity contribution is 6.32. The molecule has 0 aliphatic carbocycles. The molecule has 0 amide bonds. The lowest BCUT2D eigenvalue weighted by Crippen LogP contribution is -2.09. The Kier molecular flexibility index (Phi) is 6.61. The average molecular weight is 461 g/mol. The van der Waals surface area contributed by atoms with Gasteiger partial charge in [-0.25, -0.2) is 4.79 Å². The molecule has 0 unspecified atom stereocenters. The molecule has 4 rings (SSSR count). The van der Waals surface area contributed by atoms with Gasteiger partial charge in [0.05, 0.1) is 6.61 Å². The number of carbonyl (C=O) groups excluding carboxylic acids is 2. The van der Waals surface area contributed by atoms with E-state index >= 15 is 0 Å². The molecule has 0 atom stereocenters. The molecule has 0 aliphatic heterocycles. The van der Waals surface area contributed by atoms with Crippen molar-refractivity contribution in [2.45, 2.75) is 13.8 Å². The molecular formula is C27H21ClO5. The normalized spacial score (nSPS) is 11.1. The molecule has 0 aliphatic rings. The number of fused-ring (bicyclic) bond motifs is 1. The molecule has 0 saturated carbocycles. The first-order chi connectivity index (χ1) is 16.0. The third kappa shape index (κ3) is 4.99. The first-order valence-corrected chi connectivity index (χ1v) is 10.8. The van der Waals surface area contributed by atoms with Crippen LogP contribution in [0.2, 0.25) is 5.02 Å². The summed E-state index contributed by atoms with van der Waals surface area (Å²) in [5.74, 6) is 0.694. The van der Waals surface area contributed by atoms with Crippen molar-refractivity contribution in [1.82, 2.24) is 0 Å². The van der Waals surface area contributed by atoms with E-state index in [0.29, 0.717) is 51.0 Å². The summed E-state index contributed by atoms with van der Waals surface area (Å²) in [6, 6.07) is 19.0. The van der Waals surface area contributed by atoms with E-state index in [1.807, 2.05) is 25.1 Å². The van der Waals surface area contributed by atoms with Crippen molar-refractivity contribution >= 4 is 40.4 Å². The number of rotatable bonds is 7. The summed E-state index contributed by atoms with van der Waals surface area (Å²) in [6.45, 7) is 4.12. The van der Waals surface area contributed by atoms with Crippen molar-refractivity contribution < 1.29 is 23.5 Å². The number of carbonyl (C=O) groups is 2. The standard InChI is InChI=1S/C27H21ClO5/c1-3-31-21-13-15-25-22(16-21)26(17(2)32-25)27(30)33-20-11-8-19(9-12-20)24(29)14-10-18-6-4-5-7-23(18)28/h4-16H,3H2,1-2H3/b14-10+. The van der Waals surface area contributed by atoms with Crippen LogP contribution < -0.4 is 9.47 Å². The Labute approximate surface area is 196 Å². The zero-order chi connectivity index (χ0) is 23.4. The zero-order valence-corrected chi connectivity index (χ0v) is 18.9. The Morgan fingerprint density at radius 1 is 1.00 bits per heavy atom. The fraction of sp³-hybridized carbons (Fsp3) is 0.111. The van der Waals surface area contributed by atoms with Crippen LogP contribution in [-0.2, 0) is 0 Å². The summed E-state index contributed by atoms with van der Waals surface area (Å²) in [4.78, 5) is 25.3. The molecular weight excluding hydrogens is 440 g/mol. The van der Waals surface area contributed by atoms with Crippen molar-refractivity contribution in [2.75, 3.05) is 6.61 Å². The molecule has 0 N–H and O–H groups in total. The highest BCUT2D eigenvalue weighted by Crippen LogP contribution is 2.30. The molecule has 0 radical (unpaired) electrons. The molecule has 6 heteroatoms. The number of hydrogen-bond acceptors (Lipinski definition) is 5. The van der Waals surface area contributed by atoms with E-state index in [9.17, 15) is 9.59 Å². The quantitative estimate of drug-likeness (QED) is 0.130. The summed E-state index contributed by atoms with van der Waals surface area (Å²) in [5.41, 5.74) is 2.14. The first-order valence-electron chi connectivity index (χ1n) is 10.4. The number of aryl methyl sites for hydroxylation is 1. The second-order valence-corrected chi connectivity index (χ2v) is 7.66. The van der Waals surface area contributed by atoms with E-state index in [2.05, 4.69) is 0 Å². The van der Waals surface area contributed by atoms with E-state index in [1.165, 1.54) is 6.08 Å². The van der Waals surface area contributed by atoms with E-state index in [1.54, 1.807) is 61.5 Å². The maximum atomic E-state index is 12.9. The molecule has 0 bridgehead atoms. The minimum absolute atomic E-state index is 0.187. The van der Waals surface area contributed by atoms with Gasteiger partial charge in [-0.05, 0) is 80.1 Å². The van der Waals surface area contributed by atoms with Gasteiger partial charge in [-0.3, -0.25) is 4.79 Å². The van der Waals surface area contributed by atoms with Crippen LogP contribution >= 0.6 is 11.6 Å². The van der Waals surface area contributed by atoms with Gasteiger partial charge in [0.25, 0.3) is 0 Å². The second kappa shape index (κ2) is 9.76. The number of halogens is 1. The van der Waals surface area contributed by atoms with E-state index in [-0.39, 0.29) is 5.78 Å². The van der Waals surface area contributed by atoms with Gasteiger partial charge in [0.2, 0.25) is 0 Å². The Balaban J connectivity index is 1.49. The molecule has 1 aromatic heterocycles. The maximum Gasteiger partial charge on any atom is 0.347 e. The fourth-order valence-electron chi connectivity index (χ4n) is 3.43. The highest BCUT2D eigenvalue weighted by Gasteiger charge is 2.21. The number of benzene rings is 3. The van der Waals surface area contributed by atoms with Crippen LogP contribution in [0.1, 0.15) is 39.0 Å². The SMILES string of the molecule is CCOc1ccc2oc(C)c(C(=O)Oc3ccc(C(=O)/C=C/c4ccccc4Cl)cc3)c2c1. The summed E-state index contributed by atoms with van der Waals surface area (Å²) in [5, 5.41) is 1.19. The molecule has 0 saturated heterocycles. The van der Waals surface area contributed by atoms with E-state index < -0.39 is 5.97 Å². The molecule has 5 nitrogen and oxygen atoms in total. The lowest BCUT2D eigenvalue weighted by atomic mass is 10.1. The third-order valence-electron chi connectivity index (χ3n) is 5.02. The topological polar surface area (TPSA) is 65.7 Å². The number of ether oxygens (including phenoxy) is 2. The minimum Gasteiger partial charge on any atom is -0.494 e. The van der Waals surface area contributed by atoms with Crippen LogP contribution in [0.25, 0.3) is 17.0 Å². The smallest absolute Gasteiger partial charge is 0.347 e. The summed E-state index contributed by atoms with van der Waals surface area (Å²) < 4.78 is 16.8. The van der Waals surface area contributed by atoms with Crippen LogP contribution in [0.5, 0.6) is 11.5 Å². The Hall–Kier alpha value is -3.83. The van der Waals surface area contributed by atoms with Crippen LogP contribution in [-0.4, -0.2) is 18.4 Å². The number of ketones is 1. The minimum atomic E-state index is -0.544. The van der Waals surface area contributed by atoms with Gasteiger partial charge >= 0.3 is 5.97 Å². The molecule has 3 aromatic carbocycles. The van der Waals surface area contributed by atoms with Crippen molar-refractivity contribution in [2.24, 2.45) is 0 Å². The molecule has 1 heterocycles. The second-order valence-electron chi connectivity index (χ2n) is 7.26. The predicted octanol–water partition coefficient (Wildman–Crippen LogP) is 6.91. The predicted molar refractivity (Wildman–Crippen MR) is 128 cm³/mol. The molecule has 33 heavy (non-hydrogen) atoms. The number of hydrogen-bond donors (Lipinski definition) is 0. The Morgan fingerprint density at radius 2 is 1.73 bits per heavy atom. The lowest BCUT2D eigenvalue weighted by Gasteiger charge is -2.06. The summed E-state index contributed by atoms with van der Waals surface area (Å²) in [6.07, 6.45) is 3.13. The van der Waals surface area contributed by atoms with Gasteiger partial charge in [-0.2, -0.15) is 0 Å². The van der Waals surface area contributed by atoms with E-state index in [0.717, 1.165) is 5.56 Å². The van der Waals surface area contributed by atoms with Crippen LogP contribution in [0.3, 0.4) is 0 Å². The highest BCUT2D eigenvalue weighted by atomic mass is 35.5. The van der Waals surface area contributed by atoms with Gasteiger partial charge in [-0.1, -0.05) is 29.8 Å². The van der Waals surface area contributed by atoms with Crippen LogP contribution in [0.4, 0.5) is 0 Å². The van der Waals surface area contributed by atoms with Gasteiger partial charge in [0.15, 0.2) is 5.78 Å². The molecule has 166 valence electrons. The van der Waals surface area contributed by atoms with Gasteiger partial charge < -0.3 is 13.9 Å². The zero-order valence-electron chi connectivity index (χ0n) is 18.1. The Morgan fingerprint density at radius 3 is 2.45 bits per heavy atom. The van der Waals surface area contributed by atoms with Crippen LogP contribution in [0, 0.1) is 6.92 Å². The number of allylic oxidation sites excluding steroid dienone is 1. The largest absolute Gasteiger partial charge is 0.494 e. The number of esters is 1. The fourth-order valence-corrected chi connectivity index (χ4v) is 3.63. The molecule has 0 fully saturated rings. The van der Waals surface area contributed by atoms with E-state index in [4.69, 9.17) is 25.5 Å². The first kappa shape index (κ1) is 22.4. The summed E-state index contributed by atoms with van der Waals surface area (Å²) in [7, 11) is 0. The summed E-state index contributed by atoms with van der Waals surface area (Å²) >= 11 is 6.11. The molecule has 0 spiro atoms. The van der Waals surface area contributed by atoms with Crippen molar-refractivity contribution in [3.63, 3.8) is 0 Å². The lowest BCUT2D eigenvalue weighted by molar-refractivity contribution is 0.0734. The Bertz CT molecular complexity index is 1350. The van der Waals surface area contributed by atoms with Crippen molar-refractivity contribution in [1.29, 1.82) is 0 Å². The van der Waals surface area contributed by atoms with Crippen molar-refractivity contribution in [3.05, 3.63) is 100 Å². The third-order valence-corrected chi connectivity index (χ3v) is 5.36. The molecule has 4 aromatic rings. The number of furan rings is 1. The maximum absolute atomic E-state index is 12.9. The van der Waals surface area contributed by atoms with Crippen LogP contribution in [0.15, 0.2) is 77.2 Å². The van der Waals surface area contributed by atoms with Gasteiger partial charge in [-0.15, -0.1) is 0 Å². The van der Waals surface area contributed by atoms with Gasteiger partial charge in [0, 0.05) is 16.0 Å².